The maximum Gasteiger partial charge on any atom is 0.317 e. The first kappa shape index (κ1) is 16.7. The van der Waals surface area contributed by atoms with Crippen LogP contribution in [-0.4, -0.2) is 18.4 Å². The van der Waals surface area contributed by atoms with Crippen LogP contribution < -0.4 is 0 Å². The minimum Gasteiger partial charge on any atom is -0.465 e. The van der Waals surface area contributed by atoms with Crippen LogP contribution in [0.1, 0.15) is 30.6 Å². The van der Waals surface area contributed by atoms with E-state index >= 15 is 0 Å². The van der Waals surface area contributed by atoms with Gasteiger partial charge in [-0.25, -0.2) is 0 Å². The highest BCUT2D eigenvalue weighted by Crippen LogP contribution is 2.40. The van der Waals surface area contributed by atoms with E-state index in [1.165, 1.54) is 6.08 Å². The van der Waals surface area contributed by atoms with E-state index in [1.807, 2.05) is 30.3 Å². The maximum atomic E-state index is 12.7. The molecule has 0 bridgehead atoms. The smallest absolute Gasteiger partial charge is 0.317 e. The van der Waals surface area contributed by atoms with Crippen molar-refractivity contribution in [2.45, 2.75) is 19.3 Å². The molecule has 124 valence electrons. The molecule has 0 saturated heterocycles. The Kier molecular flexibility index (Phi) is 5.00. The van der Waals surface area contributed by atoms with Gasteiger partial charge in [-0.15, -0.1) is 0 Å². The number of halogens is 1. The van der Waals surface area contributed by atoms with Gasteiger partial charge in [-0.1, -0.05) is 28.1 Å². The maximum absolute atomic E-state index is 12.7. The second kappa shape index (κ2) is 7.18. The van der Waals surface area contributed by atoms with Crippen LogP contribution >= 0.6 is 15.9 Å². The van der Waals surface area contributed by atoms with Gasteiger partial charge in [-0.05, 0) is 54.8 Å². The zero-order valence-corrected chi connectivity index (χ0v) is 14.8. The molecule has 0 aliphatic heterocycles. The van der Waals surface area contributed by atoms with Crippen LogP contribution in [0.4, 0.5) is 0 Å². The number of furan rings is 1. The standard InChI is InChI=1S/C19H17BrO4/c1-2-23-19(22)18-15(12-5-3-6-14(20)9-12)10-13(11-16(18)21)17-7-4-8-24-17/h3-9,11,15,18H,2,10H2,1H3. The second-order valence-electron chi connectivity index (χ2n) is 5.64. The van der Waals surface area contributed by atoms with Crippen molar-refractivity contribution in [2.75, 3.05) is 6.61 Å². The van der Waals surface area contributed by atoms with Crippen LogP contribution in [0.5, 0.6) is 0 Å². The molecule has 2 aromatic rings. The van der Waals surface area contributed by atoms with Gasteiger partial charge in [0, 0.05) is 10.4 Å². The summed E-state index contributed by atoms with van der Waals surface area (Å²) in [6.07, 6.45) is 3.63. The van der Waals surface area contributed by atoms with Gasteiger partial charge >= 0.3 is 5.97 Å². The molecular weight excluding hydrogens is 372 g/mol. The van der Waals surface area contributed by atoms with Crippen LogP contribution in [0.25, 0.3) is 5.57 Å². The predicted molar refractivity (Wildman–Crippen MR) is 93.3 cm³/mol. The largest absolute Gasteiger partial charge is 0.465 e. The molecule has 2 atom stereocenters. The van der Waals surface area contributed by atoms with E-state index in [2.05, 4.69) is 15.9 Å². The molecule has 5 heteroatoms. The second-order valence-corrected chi connectivity index (χ2v) is 6.56. The van der Waals surface area contributed by atoms with Crippen molar-refractivity contribution in [1.29, 1.82) is 0 Å². The molecule has 0 amide bonds. The molecule has 1 aromatic heterocycles. The van der Waals surface area contributed by atoms with Gasteiger partial charge in [0.15, 0.2) is 5.78 Å². The summed E-state index contributed by atoms with van der Waals surface area (Å²) in [6.45, 7) is 1.99. The number of rotatable bonds is 4. The summed E-state index contributed by atoms with van der Waals surface area (Å²) in [6, 6.07) is 11.3. The van der Waals surface area contributed by atoms with Gasteiger partial charge in [0.2, 0.25) is 0 Å². The summed E-state index contributed by atoms with van der Waals surface area (Å²) >= 11 is 3.45. The van der Waals surface area contributed by atoms with Crippen molar-refractivity contribution in [1.82, 2.24) is 0 Å². The molecule has 4 nitrogen and oxygen atoms in total. The Balaban J connectivity index is 2.02. The number of benzene rings is 1. The number of carbonyl (C=O) groups excluding carboxylic acids is 2. The topological polar surface area (TPSA) is 56.5 Å². The van der Waals surface area contributed by atoms with Crippen LogP contribution in [0.2, 0.25) is 0 Å². The highest BCUT2D eigenvalue weighted by Gasteiger charge is 2.40. The Labute approximate surface area is 148 Å². The number of hydrogen-bond acceptors (Lipinski definition) is 4. The van der Waals surface area contributed by atoms with Gasteiger partial charge < -0.3 is 9.15 Å². The Morgan fingerprint density at radius 1 is 1.33 bits per heavy atom. The summed E-state index contributed by atoms with van der Waals surface area (Å²) in [7, 11) is 0. The molecule has 0 saturated carbocycles. The molecule has 0 spiro atoms. The molecule has 24 heavy (non-hydrogen) atoms. The lowest BCUT2D eigenvalue weighted by molar-refractivity contribution is -0.151. The summed E-state index contributed by atoms with van der Waals surface area (Å²) in [4.78, 5) is 25.0. The van der Waals surface area contributed by atoms with Crippen molar-refractivity contribution < 1.29 is 18.7 Å². The fourth-order valence-corrected chi connectivity index (χ4v) is 3.48. The van der Waals surface area contributed by atoms with Crippen LogP contribution in [0.15, 0.2) is 57.6 Å². The molecule has 2 unspecified atom stereocenters. The lowest BCUT2D eigenvalue weighted by Crippen LogP contribution is -2.34. The quantitative estimate of drug-likeness (QED) is 0.576. The third kappa shape index (κ3) is 3.36. The number of allylic oxidation sites excluding steroid dienone is 2. The molecule has 1 heterocycles. The van der Waals surface area contributed by atoms with E-state index in [4.69, 9.17) is 9.15 Å². The first-order chi connectivity index (χ1) is 11.6. The molecule has 0 N–H and O–H groups in total. The summed E-state index contributed by atoms with van der Waals surface area (Å²) in [5, 5.41) is 0. The average molecular weight is 389 g/mol. The Morgan fingerprint density at radius 2 is 2.17 bits per heavy atom. The monoisotopic (exact) mass is 388 g/mol. The van der Waals surface area contributed by atoms with Gasteiger partial charge in [0.1, 0.15) is 11.7 Å². The first-order valence-electron chi connectivity index (χ1n) is 7.80. The van der Waals surface area contributed by atoms with Crippen molar-refractivity contribution in [3.63, 3.8) is 0 Å². The number of esters is 1. The molecule has 1 aromatic carbocycles. The Morgan fingerprint density at radius 3 is 2.83 bits per heavy atom. The first-order valence-corrected chi connectivity index (χ1v) is 8.60. The van der Waals surface area contributed by atoms with E-state index in [1.54, 1.807) is 19.3 Å². The van der Waals surface area contributed by atoms with E-state index in [-0.39, 0.29) is 18.3 Å². The minimum atomic E-state index is -0.821. The van der Waals surface area contributed by atoms with E-state index in [0.29, 0.717) is 12.2 Å². The van der Waals surface area contributed by atoms with Crippen LogP contribution in [0.3, 0.4) is 0 Å². The highest BCUT2D eigenvalue weighted by atomic mass is 79.9. The van der Waals surface area contributed by atoms with Crippen LogP contribution in [-0.2, 0) is 14.3 Å². The summed E-state index contributed by atoms with van der Waals surface area (Å²) < 4.78 is 11.5. The number of ether oxygens (including phenoxy) is 1. The van der Waals surface area contributed by atoms with E-state index in [9.17, 15) is 9.59 Å². The van der Waals surface area contributed by atoms with Crippen molar-refractivity contribution >= 4 is 33.3 Å². The predicted octanol–water partition coefficient (Wildman–Crippen LogP) is 4.36. The Hall–Kier alpha value is -2.14. The van der Waals surface area contributed by atoms with E-state index < -0.39 is 11.9 Å². The number of carbonyl (C=O) groups is 2. The van der Waals surface area contributed by atoms with Gasteiger partial charge in [-0.3, -0.25) is 9.59 Å². The van der Waals surface area contributed by atoms with Crippen molar-refractivity contribution in [2.24, 2.45) is 5.92 Å². The minimum absolute atomic E-state index is 0.240. The fourth-order valence-electron chi connectivity index (χ4n) is 3.07. The number of ketones is 1. The van der Waals surface area contributed by atoms with Crippen molar-refractivity contribution in [3.05, 3.63) is 64.5 Å². The number of hydrogen-bond donors (Lipinski definition) is 0. The zero-order valence-electron chi connectivity index (χ0n) is 13.2. The molecule has 0 fully saturated rings. The van der Waals surface area contributed by atoms with Crippen molar-refractivity contribution in [3.8, 4) is 0 Å². The molecule has 0 radical (unpaired) electrons. The molecule has 3 rings (SSSR count). The van der Waals surface area contributed by atoms with Gasteiger partial charge in [0.05, 0.1) is 12.9 Å². The average Bonchev–Trinajstić information content (AvgIpc) is 3.08. The lowest BCUT2D eigenvalue weighted by atomic mass is 9.74. The SMILES string of the molecule is CCOC(=O)C1C(=O)C=C(c2ccco2)CC1c1cccc(Br)c1. The van der Waals surface area contributed by atoms with Gasteiger partial charge in [-0.2, -0.15) is 0 Å². The molecule has 1 aliphatic rings. The lowest BCUT2D eigenvalue weighted by Gasteiger charge is -2.28. The van der Waals surface area contributed by atoms with E-state index in [0.717, 1.165) is 15.6 Å². The fraction of sp³-hybridized carbons (Fsp3) is 0.263. The molecule has 1 aliphatic carbocycles. The third-order valence-corrected chi connectivity index (χ3v) is 4.61. The van der Waals surface area contributed by atoms with Gasteiger partial charge in [0.25, 0.3) is 0 Å². The highest BCUT2D eigenvalue weighted by molar-refractivity contribution is 9.10. The van der Waals surface area contributed by atoms with Crippen LogP contribution in [0, 0.1) is 5.92 Å². The normalized spacial score (nSPS) is 20.6. The third-order valence-electron chi connectivity index (χ3n) is 4.12. The molecular formula is C19H17BrO4. The Bertz CT molecular complexity index is 776. The zero-order chi connectivity index (χ0) is 17.1. The summed E-state index contributed by atoms with van der Waals surface area (Å²) in [5.41, 5.74) is 1.73. The summed E-state index contributed by atoms with van der Waals surface area (Å²) in [5.74, 6) is -1.15.